The average Bonchev–Trinajstić information content (AvgIpc) is 2.83. The lowest BCUT2D eigenvalue weighted by Crippen LogP contribution is -2.22. The number of hydrogen-bond donors (Lipinski definition) is 1. The smallest absolute Gasteiger partial charge is 0.0871 e. The lowest BCUT2D eigenvalue weighted by molar-refractivity contribution is 0.0480. The Hall–Kier alpha value is -1.12. The van der Waals surface area contributed by atoms with Crippen molar-refractivity contribution in [3.05, 3.63) is 57.3 Å². The SMILES string of the molecule is Cc1ccc(C(C)(O)CCc2ccsc2)cc1C. The van der Waals surface area contributed by atoms with Crippen LogP contribution in [0.25, 0.3) is 0 Å². The van der Waals surface area contributed by atoms with Gasteiger partial charge in [0.25, 0.3) is 0 Å². The Labute approximate surface area is 113 Å². The highest BCUT2D eigenvalue weighted by atomic mass is 32.1. The third-order valence-corrected chi connectivity index (χ3v) is 4.34. The summed E-state index contributed by atoms with van der Waals surface area (Å²) < 4.78 is 0. The van der Waals surface area contributed by atoms with Gasteiger partial charge in [-0.05, 0) is 72.7 Å². The molecule has 1 heterocycles. The van der Waals surface area contributed by atoms with E-state index in [1.807, 2.05) is 13.0 Å². The maximum atomic E-state index is 10.6. The second-order valence-corrected chi connectivity index (χ2v) is 5.98. The van der Waals surface area contributed by atoms with E-state index in [0.717, 1.165) is 18.4 Å². The summed E-state index contributed by atoms with van der Waals surface area (Å²) >= 11 is 1.71. The zero-order valence-electron chi connectivity index (χ0n) is 11.2. The van der Waals surface area contributed by atoms with E-state index in [2.05, 4.69) is 42.8 Å². The van der Waals surface area contributed by atoms with Crippen LogP contribution in [-0.4, -0.2) is 5.11 Å². The van der Waals surface area contributed by atoms with E-state index in [9.17, 15) is 5.11 Å². The maximum Gasteiger partial charge on any atom is 0.0871 e. The van der Waals surface area contributed by atoms with Crippen molar-refractivity contribution < 1.29 is 5.11 Å². The van der Waals surface area contributed by atoms with E-state index in [0.29, 0.717) is 0 Å². The summed E-state index contributed by atoms with van der Waals surface area (Å²) in [6, 6.07) is 8.35. The molecule has 1 atom stereocenters. The lowest BCUT2D eigenvalue weighted by atomic mass is 9.88. The summed E-state index contributed by atoms with van der Waals surface area (Å²) in [7, 11) is 0. The van der Waals surface area contributed by atoms with Gasteiger partial charge in [0.15, 0.2) is 0 Å². The van der Waals surface area contributed by atoms with Gasteiger partial charge in [0, 0.05) is 0 Å². The summed E-state index contributed by atoms with van der Waals surface area (Å²) in [5.41, 5.74) is 4.08. The number of benzene rings is 1. The predicted molar refractivity (Wildman–Crippen MR) is 78.1 cm³/mol. The number of rotatable bonds is 4. The number of aryl methyl sites for hydroxylation is 3. The van der Waals surface area contributed by atoms with E-state index in [-0.39, 0.29) is 0 Å². The van der Waals surface area contributed by atoms with Crippen molar-refractivity contribution in [2.75, 3.05) is 0 Å². The summed E-state index contributed by atoms with van der Waals surface area (Å²) in [6.45, 7) is 6.09. The second kappa shape index (κ2) is 5.25. The highest BCUT2D eigenvalue weighted by Crippen LogP contribution is 2.28. The Balaban J connectivity index is 2.11. The summed E-state index contributed by atoms with van der Waals surface area (Å²) in [5.74, 6) is 0. The average molecular weight is 260 g/mol. The fourth-order valence-electron chi connectivity index (χ4n) is 2.04. The molecular weight excluding hydrogens is 240 g/mol. The molecule has 1 unspecified atom stereocenters. The molecule has 2 aromatic rings. The molecule has 0 aliphatic heterocycles. The minimum absolute atomic E-state index is 0.750. The minimum Gasteiger partial charge on any atom is -0.385 e. The summed E-state index contributed by atoms with van der Waals surface area (Å²) in [4.78, 5) is 0. The molecule has 0 bridgehead atoms. The van der Waals surface area contributed by atoms with Gasteiger partial charge in [0.1, 0.15) is 0 Å². The summed E-state index contributed by atoms with van der Waals surface area (Å²) in [5, 5.41) is 14.8. The monoisotopic (exact) mass is 260 g/mol. The first kappa shape index (κ1) is 13.3. The topological polar surface area (TPSA) is 20.2 Å². The minimum atomic E-state index is -0.750. The predicted octanol–water partition coefficient (Wildman–Crippen LogP) is 4.21. The van der Waals surface area contributed by atoms with Crippen LogP contribution >= 0.6 is 11.3 Å². The molecule has 0 aliphatic carbocycles. The number of aliphatic hydroxyl groups is 1. The van der Waals surface area contributed by atoms with E-state index in [1.54, 1.807) is 11.3 Å². The van der Waals surface area contributed by atoms with Gasteiger partial charge in [-0.2, -0.15) is 11.3 Å². The Bertz CT molecular complexity index is 512. The molecule has 0 saturated carbocycles. The maximum absolute atomic E-state index is 10.6. The number of thiophene rings is 1. The van der Waals surface area contributed by atoms with Gasteiger partial charge in [0.05, 0.1) is 5.60 Å². The van der Waals surface area contributed by atoms with Gasteiger partial charge in [0.2, 0.25) is 0 Å². The normalized spacial score (nSPS) is 14.4. The Morgan fingerprint density at radius 3 is 2.56 bits per heavy atom. The van der Waals surface area contributed by atoms with Crippen molar-refractivity contribution >= 4 is 11.3 Å². The summed E-state index contributed by atoms with van der Waals surface area (Å²) in [6.07, 6.45) is 1.68. The first-order chi connectivity index (χ1) is 8.49. The third kappa shape index (κ3) is 3.01. The zero-order chi connectivity index (χ0) is 13.2. The van der Waals surface area contributed by atoms with E-state index in [1.165, 1.54) is 16.7 Å². The molecule has 1 aromatic heterocycles. The van der Waals surface area contributed by atoms with Crippen molar-refractivity contribution in [1.29, 1.82) is 0 Å². The van der Waals surface area contributed by atoms with Crippen LogP contribution in [0.3, 0.4) is 0 Å². The highest BCUT2D eigenvalue weighted by molar-refractivity contribution is 7.07. The van der Waals surface area contributed by atoms with E-state index < -0.39 is 5.60 Å². The molecule has 2 rings (SSSR count). The molecule has 2 heteroatoms. The largest absolute Gasteiger partial charge is 0.385 e. The zero-order valence-corrected chi connectivity index (χ0v) is 12.1. The third-order valence-electron chi connectivity index (χ3n) is 3.61. The van der Waals surface area contributed by atoms with Crippen molar-refractivity contribution in [3.8, 4) is 0 Å². The van der Waals surface area contributed by atoms with Crippen molar-refractivity contribution in [2.24, 2.45) is 0 Å². The van der Waals surface area contributed by atoms with Crippen LogP contribution in [-0.2, 0) is 12.0 Å². The molecule has 1 aromatic carbocycles. The van der Waals surface area contributed by atoms with E-state index >= 15 is 0 Å². The van der Waals surface area contributed by atoms with Crippen LogP contribution in [0.2, 0.25) is 0 Å². The van der Waals surface area contributed by atoms with Gasteiger partial charge in [-0.1, -0.05) is 18.2 Å². The van der Waals surface area contributed by atoms with E-state index in [4.69, 9.17) is 0 Å². The van der Waals surface area contributed by atoms with Crippen LogP contribution in [0, 0.1) is 13.8 Å². The van der Waals surface area contributed by atoms with Crippen LogP contribution in [0.5, 0.6) is 0 Å². The standard InChI is InChI=1S/C16H20OS/c1-12-4-5-15(10-13(12)2)16(3,17)8-6-14-7-9-18-11-14/h4-5,7,9-11,17H,6,8H2,1-3H3. The Morgan fingerprint density at radius 2 is 1.94 bits per heavy atom. The molecule has 1 nitrogen and oxygen atoms in total. The molecule has 0 saturated heterocycles. The first-order valence-corrected chi connectivity index (χ1v) is 7.24. The van der Waals surface area contributed by atoms with Crippen LogP contribution in [0.4, 0.5) is 0 Å². The fraction of sp³-hybridized carbons (Fsp3) is 0.375. The van der Waals surface area contributed by atoms with Crippen LogP contribution in [0.15, 0.2) is 35.0 Å². The van der Waals surface area contributed by atoms with Crippen molar-refractivity contribution in [2.45, 2.75) is 39.2 Å². The van der Waals surface area contributed by atoms with Crippen LogP contribution in [0.1, 0.15) is 35.6 Å². The first-order valence-electron chi connectivity index (χ1n) is 6.30. The van der Waals surface area contributed by atoms with Crippen molar-refractivity contribution in [1.82, 2.24) is 0 Å². The van der Waals surface area contributed by atoms with Crippen molar-refractivity contribution in [3.63, 3.8) is 0 Å². The lowest BCUT2D eigenvalue weighted by Gasteiger charge is -2.24. The van der Waals surface area contributed by atoms with Crippen LogP contribution < -0.4 is 0 Å². The number of hydrogen-bond acceptors (Lipinski definition) is 2. The molecule has 0 radical (unpaired) electrons. The quantitative estimate of drug-likeness (QED) is 0.873. The molecule has 0 spiro atoms. The second-order valence-electron chi connectivity index (χ2n) is 5.20. The molecule has 18 heavy (non-hydrogen) atoms. The highest BCUT2D eigenvalue weighted by Gasteiger charge is 2.23. The molecule has 96 valence electrons. The molecular formula is C16H20OS. The Kier molecular flexibility index (Phi) is 3.88. The van der Waals surface area contributed by atoms with Gasteiger partial charge < -0.3 is 5.11 Å². The fourth-order valence-corrected chi connectivity index (χ4v) is 2.75. The molecule has 0 amide bonds. The Morgan fingerprint density at radius 1 is 1.17 bits per heavy atom. The van der Waals surface area contributed by atoms with Gasteiger partial charge in [-0.3, -0.25) is 0 Å². The van der Waals surface area contributed by atoms with Gasteiger partial charge >= 0.3 is 0 Å². The molecule has 0 fully saturated rings. The van der Waals surface area contributed by atoms with Gasteiger partial charge in [-0.15, -0.1) is 0 Å². The van der Waals surface area contributed by atoms with Gasteiger partial charge in [-0.25, -0.2) is 0 Å². The molecule has 1 N–H and O–H groups in total. The molecule has 0 aliphatic rings.